The number of rotatable bonds is 30. The molecule has 6 rings (SSSR count). The van der Waals surface area contributed by atoms with Crippen LogP contribution in [0.25, 0.3) is 0 Å². The molecule has 0 fully saturated rings. The number of azo groups is 4. The molecular weight excluding hydrogens is 1310 g/mol. The zero-order chi connectivity index (χ0) is 66.4. The van der Waals surface area contributed by atoms with E-state index in [9.17, 15) is 74.2 Å². The molecule has 33 nitrogen and oxygen atoms in total. The van der Waals surface area contributed by atoms with E-state index in [1.165, 1.54) is 74.9 Å². The predicted molar refractivity (Wildman–Crippen MR) is 324 cm³/mol. The molecule has 0 aliphatic rings. The van der Waals surface area contributed by atoms with Crippen LogP contribution in [0, 0.1) is 13.8 Å². The average molecular weight is 1370 g/mol. The highest BCUT2D eigenvalue weighted by Crippen LogP contribution is 2.45. The van der Waals surface area contributed by atoms with Crippen molar-refractivity contribution >= 4 is 126 Å². The number of ether oxygens (including phenoxy) is 6. The SMILES string of the molecule is CCOc1cc(NC(=O)Nc2cc(OCC)c(N=Nc3cc(C)c(N=Nc4ccc(S(=O)(=O)O)cc4S(=O)(=O)O)cc3OC)cc2OCCCS(=O)(=O)O)c(OCCCS(=O)(=O)O)cc1N=Nc1cc(C)c(N=Nc2ccc(SO)cc2S(=O)(=O)O)cc1OC. The first-order valence-corrected chi connectivity index (χ1v) is 34.0. The summed E-state index contributed by atoms with van der Waals surface area (Å²) in [5, 5.41) is 38.7. The van der Waals surface area contributed by atoms with E-state index in [1.54, 1.807) is 27.7 Å². The molecule has 0 unspecified atom stereocenters. The molecule has 0 radical (unpaired) electrons. The third-order valence-electron chi connectivity index (χ3n) is 11.7. The van der Waals surface area contributed by atoms with Gasteiger partial charge < -0.3 is 43.6 Å². The van der Waals surface area contributed by atoms with Crippen LogP contribution in [-0.2, 0) is 50.6 Å². The smallest absolute Gasteiger partial charge is 0.323 e. The number of hydrogen-bond donors (Lipinski definition) is 8. The highest BCUT2D eigenvalue weighted by Gasteiger charge is 2.24. The normalized spacial score (nSPS) is 12.5. The van der Waals surface area contributed by atoms with Crippen molar-refractivity contribution < 1.29 is 103 Å². The fourth-order valence-electron chi connectivity index (χ4n) is 7.59. The van der Waals surface area contributed by atoms with E-state index in [0.29, 0.717) is 17.2 Å². The fourth-order valence-corrected chi connectivity index (χ4v) is 10.8. The van der Waals surface area contributed by atoms with Gasteiger partial charge in [-0.3, -0.25) is 22.8 Å². The first-order chi connectivity index (χ1) is 42.2. The van der Waals surface area contributed by atoms with Gasteiger partial charge in [-0.1, -0.05) is 0 Å². The van der Waals surface area contributed by atoms with Gasteiger partial charge >= 0.3 is 6.03 Å². The summed E-state index contributed by atoms with van der Waals surface area (Å²) in [4.78, 5) is 11.8. The average Bonchev–Trinajstić information content (AvgIpc) is 1.92. The Labute approximate surface area is 519 Å². The number of carbonyl (C=O) groups excluding carboxylic acids is 1. The molecule has 0 atom stereocenters. The van der Waals surface area contributed by atoms with E-state index in [2.05, 4.69) is 51.5 Å². The minimum atomic E-state index is -5.08. The Kier molecular flexibility index (Phi) is 23.9. The lowest BCUT2D eigenvalue weighted by Gasteiger charge is -2.18. The number of nitrogens with one attached hydrogen (secondary N) is 2. The first-order valence-electron chi connectivity index (χ1n) is 25.7. The van der Waals surface area contributed by atoms with Crippen molar-refractivity contribution in [1.82, 2.24) is 0 Å². The van der Waals surface area contributed by atoms with Crippen molar-refractivity contribution in [3.05, 3.63) is 96.1 Å². The molecule has 8 N–H and O–H groups in total. The Hall–Kier alpha value is -8.35. The summed E-state index contributed by atoms with van der Waals surface area (Å²) >= 11 is 0.253. The molecule has 6 aromatic rings. The van der Waals surface area contributed by atoms with Gasteiger partial charge in [0.15, 0.2) is 0 Å². The third-order valence-corrected chi connectivity index (χ3v) is 16.4. The highest BCUT2D eigenvalue weighted by atomic mass is 32.2. The van der Waals surface area contributed by atoms with Crippen LogP contribution < -0.4 is 39.1 Å². The fraction of sp³-hybridized carbons (Fsp3) is 0.275. The second kappa shape index (κ2) is 30.4. The van der Waals surface area contributed by atoms with Gasteiger partial charge in [-0.25, -0.2) is 4.79 Å². The van der Waals surface area contributed by atoms with E-state index >= 15 is 0 Å². The van der Waals surface area contributed by atoms with Crippen molar-refractivity contribution in [1.29, 1.82) is 0 Å². The Morgan fingerprint density at radius 3 is 1.18 bits per heavy atom. The number of carbonyl (C=O) groups is 1. The van der Waals surface area contributed by atoms with Crippen molar-refractivity contribution in [3.8, 4) is 34.5 Å². The summed E-state index contributed by atoms with van der Waals surface area (Å²) in [7, 11) is -21.0. The second-order valence-corrected chi connectivity index (χ2v) is 26.2. The Morgan fingerprint density at radius 1 is 0.444 bits per heavy atom. The van der Waals surface area contributed by atoms with Gasteiger partial charge in [-0.15, -0.1) is 30.7 Å². The topological polar surface area (TPSA) is 487 Å². The van der Waals surface area contributed by atoms with Crippen LogP contribution in [0.3, 0.4) is 0 Å². The number of urea groups is 1. The lowest BCUT2D eigenvalue weighted by molar-refractivity contribution is 0.261. The maximum absolute atomic E-state index is 14.2. The van der Waals surface area contributed by atoms with Gasteiger partial charge in [0, 0.05) is 53.3 Å². The Morgan fingerprint density at radius 2 is 0.811 bits per heavy atom. The maximum Gasteiger partial charge on any atom is 0.323 e. The number of anilines is 2. The van der Waals surface area contributed by atoms with E-state index in [1.807, 2.05) is 0 Å². The lowest BCUT2D eigenvalue weighted by atomic mass is 10.1. The van der Waals surface area contributed by atoms with Crippen molar-refractivity contribution in [2.45, 2.75) is 60.1 Å². The standard InChI is InChI=1S/C51H56N10O23S6/c1-7-81-47-25-37(45(83-15-9-17-86(64,65)66)27-41(47)60-58-39-19-29(3)35(23-43(39)79-5)56-54-33-13-11-31(85-63)21-49(33)89(73,74)75)52-51(62)53-38-26-48(82-8-2)42(28-46(38)84-16-10-18-87(67,68)69)61-59-40-20-30(4)36(24-44(40)80-6)57-55-34-14-12-32(88(70,71)72)22-50(34)90(76,77)78/h11-14,19-28,63H,7-10,15-18H2,1-6H3,(H2,52,53,62)(H,64,65,66)(H,67,68,69)(H,70,71,72)(H,73,74,75)(H,76,77,78). The van der Waals surface area contributed by atoms with E-state index in [0.717, 1.165) is 18.2 Å². The summed E-state index contributed by atoms with van der Waals surface area (Å²) in [5.74, 6) is -1.52. The number of amides is 2. The Balaban J connectivity index is 1.35. The van der Waals surface area contributed by atoms with Crippen LogP contribution in [-0.4, -0.2) is 128 Å². The van der Waals surface area contributed by atoms with E-state index < -0.39 is 88.5 Å². The van der Waals surface area contributed by atoms with Crippen LogP contribution in [0.1, 0.15) is 37.8 Å². The summed E-state index contributed by atoms with van der Waals surface area (Å²) < 4.78 is 210. The lowest BCUT2D eigenvalue weighted by Crippen LogP contribution is -2.21. The third kappa shape index (κ3) is 20.3. The highest BCUT2D eigenvalue weighted by molar-refractivity contribution is 7.93. The summed E-state index contributed by atoms with van der Waals surface area (Å²) in [6, 6.07) is 15.7. The molecule has 2 amide bonds. The molecule has 6 aromatic carbocycles. The van der Waals surface area contributed by atoms with Crippen LogP contribution >= 0.6 is 12.0 Å². The van der Waals surface area contributed by atoms with Crippen molar-refractivity contribution in [2.75, 3.05) is 62.8 Å². The molecular formula is C51H56N10O23S6. The molecule has 0 spiro atoms. The molecule has 0 aliphatic carbocycles. The van der Waals surface area contributed by atoms with Crippen LogP contribution in [0.2, 0.25) is 0 Å². The largest absolute Gasteiger partial charge is 0.494 e. The van der Waals surface area contributed by atoms with E-state index in [-0.39, 0.29) is 142 Å². The quantitative estimate of drug-likeness (QED) is 0.00898. The van der Waals surface area contributed by atoms with Crippen LogP contribution in [0.15, 0.2) is 145 Å². The molecule has 0 aromatic heterocycles. The summed E-state index contributed by atoms with van der Waals surface area (Å²) in [6.07, 6.45) is -0.465. The van der Waals surface area contributed by atoms with Crippen LogP contribution in [0.4, 0.5) is 61.7 Å². The number of methoxy groups -OCH3 is 2. The van der Waals surface area contributed by atoms with Gasteiger partial charge in [0.2, 0.25) is 0 Å². The Bertz CT molecular complexity index is 4400. The molecule has 0 aliphatic heterocycles. The van der Waals surface area contributed by atoms with Crippen molar-refractivity contribution in [2.24, 2.45) is 40.9 Å². The molecule has 39 heteroatoms. The van der Waals surface area contributed by atoms with Gasteiger partial charge in [0.25, 0.3) is 50.6 Å². The number of aryl methyl sites for hydroxylation is 2. The predicted octanol–water partition coefficient (Wildman–Crippen LogP) is 12.0. The molecule has 90 heavy (non-hydrogen) atoms. The zero-order valence-electron chi connectivity index (χ0n) is 47.9. The first kappa shape index (κ1) is 70.7. The number of hydrogen-bond acceptors (Lipinski definition) is 27. The molecule has 0 bridgehead atoms. The van der Waals surface area contributed by atoms with Gasteiger partial charge in [-0.2, -0.15) is 52.3 Å². The molecule has 484 valence electrons. The molecule has 0 saturated heterocycles. The van der Waals surface area contributed by atoms with E-state index in [4.69, 9.17) is 28.4 Å². The molecule has 0 heterocycles. The van der Waals surface area contributed by atoms with Gasteiger partial charge in [-0.05, 0) is 100 Å². The zero-order valence-corrected chi connectivity index (χ0v) is 52.8. The second-order valence-electron chi connectivity index (χ2n) is 18.3. The number of benzene rings is 6. The monoisotopic (exact) mass is 1370 g/mol. The van der Waals surface area contributed by atoms with Crippen molar-refractivity contribution in [3.63, 3.8) is 0 Å². The number of nitrogens with zero attached hydrogens (tertiary/aromatic N) is 8. The summed E-state index contributed by atoms with van der Waals surface area (Å²) in [6.45, 7) is 5.84. The van der Waals surface area contributed by atoms with Gasteiger partial charge in [0.1, 0.15) is 78.4 Å². The minimum Gasteiger partial charge on any atom is -0.494 e. The minimum absolute atomic E-state index is 0.000284. The van der Waals surface area contributed by atoms with Crippen LogP contribution in [0.5, 0.6) is 34.5 Å². The maximum atomic E-state index is 14.2. The molecule has 0 saturated carbocycles. The summed E-state index contributed by atoms with van der Waals surface area (Å²) in [5.41, 5.74) is 0.296. The van der Waals surface area contributed by atoms with Gasteiger partial charge in [0.05, 0.1) is 79.8 Å².